The number of nitrogens with one attached hydrogen (secondary N) is 1. The Morgan fingerprint density at radius 3 is 2.79 bits per heavy atom. The molecule has 0 spiro atoms. The molecule has 10 nitrogen and oxygen atoms in total. The lowest BCUT2D eigenvalue weighted by atomic mass is 10.2. The minimum absolute atomic E-state index is 0.0289. The van der Waals surface area contributed by atoms with Gasteiger partial charge in [0.05, 0.1) is 42.0 Å². The van der Waals surface area contributed by atoms with Crippen LogP contribution in [-0.4, -0.2) is 43.7 Å². The van der Waals surface area contributed by atoms with Crippen LogP contribution >= 0.6 is 0 Å². The fraction of sp³-hybridized carbons (Fsp3) is 0.316. The Bertz CT molecular complexity index is 1050. The molecule has 0 bridgehead atoms. The van der Waals surface area contributed by atoms with E-state index in [9.17, 15) is 14.7 Å². The van der Waals surface area contributed by atoms with Crippen molar-refractivity contribution in [2.24, 2.45) is 0 Å². The number of imide groups is 1. The number of urea groups is 1. The lowest BCUT2D eigenvalue weighted by Gasteiger charge is -2.15. The SMILES string of the molecule is Cc1noc(C)c1C[n+]1cc(N2C(=O)CN(Cc3cccc(CO)n3)C2=O)c[nH]1. The van der Waals surface area contributed by atoms with Crippen LogP contribution in [0.15, 0.2) is 35.1 Å². The van der Waals surface area contributed by atoms with Gasteiger partial charge in [0.25, 0.3) is 5.91 Å². The lowest BCUT2D eigenvalue weighted by molar-refractivity contribution is -0.742. The van der Waals surface area contributed by atoms with Gasteiger partial charge in [-0.1, -0.05) is 11.2 Å². The van der Waals surface area contributed by atoms with E-state index in [0.717, 1.165) is 21.9 Å². The first-order valence-electron chi connectivity index (χ1n) is 9.13. The number of H-pyrrole nitrogens is 1. The van der Waals surface area contributed by atoms with Crippen LogP contribution in [0, 0.1) is 13.8 Å². The monoisotopic (exact) mass is 397 g/mol. The zero-order valence-electron chi connectivity index (χ0n) is 16.1. The van der Waals surface area contributed by atoms with Crippen LogP contribution in [0.25, 0.3) is 0 Å². The number of aromatic amines is 1. The molecule has 4 heterocycles. The summed E-state index contributed by atoms with van der Waals surface area (Å²) in [5.41, 5.74) is 3.33. The lowest BCUT2D eigenvalue weighted by Crippen LogP contribution is -2.37. The number of anilines is 1. The molecule has 0 saturated carbocycles. The van der Waals surface area contributed by atoms with Crippen molar-refractivity contribution in [3.63, 3.8) is 0 Å². The summed E-state index contributed by atoms with van der Waals surface area (Å²) in [5.74, 6) is 0.417. The highest BCUT2D eigenvalue weighted by Crippen LogP contribution is 2.21. The van der Waals surface area contributed by atoms with Crippen molar-refractivity contribution < 1.29 is 23.9 Å². The average molecular weight is 397 g/mol. The van der Waals surface area contributed by atoms with Crippen LogP contribution in [0.2, 0.25) is 0 Å². The van der Waals surface area contributed by atoms with Gasteiger partial charge >= 0.3 is 6.03 Å². The first-order valence-corrected chi connectivity index (χ1v) is 9.13. The minimum atomic E-state index is -0.408. The van der Waals surface area contributed by atoms with Gasteiger partial charge in [-0.15, -0.1) is 4.68 Å². The summed E-state index contributed by atoms with van der Waals surface area (Å²) in [7, 11) is 0. The topological polar surface area (TPSA) is 119 Å². The zero-order valence-corrected chi connectivity index (χ0v) is 16.1. The van der Waals surface area contributed by atoms with Gasteiger partial charge in [0.2, 0.25) is 12.7 Å². The summed E-state index contributed by atoms with van der Waals surface area (Å²) in [6.07, 6.45) is 3.32. The second kappa shape index (κ2) is 7.47. The van der Waals surface area contributed by atoms with Gasteiger partial charge in [-0.05, 0) is 26.0 Å². The molecule has 150 valence electrons. The number of nitrogens with zero attached hydrogens (tertiary/aromatic N) is 5. The molecule has 0 unspecified atom stereocenters. The number of pyridine rings is 1. The number of aromatic nitrogens is 4. The molecule has 0 aromatic carbocycles. The van der Waals surface area contributed by atoms with Crippen molar-refractivity contribution in [1.82, 2.24) is 20.1 Å². The molecule has 3 aromatic rings. The summed E-state index contributed by atoms with van der Waals surface area (Å²) in [6.45, 7) is 4.17. The molecule has 10 heteroatoms. The molecule has 0 atom stereocenters. The molecule has 0 aliphatic carbocycles. The van der Waals surface area contributed by atoms with Crippen molar-refractivity contribution in [3.05, 3.63) is 59.0 Å². The van der Waals surface area contributed by atoms with E-state index in [0.29, 0.717) is 23.6 Å². The highest BCUT2D eigenvalue weighted by molar-refractivity contribution is 6.19. The minimum Gasteiger partial charge on any atom is -0.390 e. The van der Waals surface area contributed by atoms with Gasteiger partial charge in [-0.3, -0.25) is 9.78 Å². The summed E-state index contributed by atoms with van der Waals surface area (Å²) >= 11 is 0. The number of rotatable bonds is 6. The van der Waals surface area contributed by atoms with Gasteiger partial charge in [-0.25, -0.2) is 9.69 Å². The van der Waals surface area contributed by atoms with Crippen LogP contribution in [0.5, 0.6) is 0 Å². The first kappa shape index (κ1) is 18.8. The van der Waals surface area contributed by atoms with E-state index in [-0.39, 0.29) is 25.6 Å². The number of aliphatic hydroxyl groups is 1. The van der Waals surface area contributed by atoms with Crippen molar-refractivity contribution in [3.8, 4) is 0 Å². The second-order valence-electron chi connectivity index (χ2n) is 6.90. The predicted molar refractivity (Wildman–Crippen MR) is 99.5 cm³/mol. The van der Waals surface area contributed by atoms with E-state index in [1.165, 1.54) is 4.90 Å². The average Bonchev–Trinajstić information content (AvgIpc) is 3.37. The summed E-state index contributed by atoms with van der Waals surface area (Å²) in [5, 5.41) is 16.2. The Morgan fingerprint density at radius 2 is 2.07 bits per heavy atom. The molecule has 0 radical (unpaired) electrons. The highest BCUT2D eigenvalue weighted by atomic mass is 16.5. The zero-order chi connectivity index (χ0) is 20.5. The molecular weight excluding hydrogens is 376 g/mol. The van der Waals surface area contributed by atoms with E-state index in [1.54, 1.807) is 35.3 Å². The Kier molecular flexibility index (Phi) is 4.85. The predicted octanol–water partition coefficient (Wildman–Crippen LogP) is 0.811. The molecule has 1 fully saturated rings. The fourth-order valence-electron chi connectivity index (χ4n) is 3.32. The third kappa shape index (κ3) is 3.61. The molecule has 29 heavy (non-hydrogen) atoms. The standard InChI is InChI=1S/C19H20N6O4/c1-12-17(13(2)29-22-12)9-24-8-16(6-20-24)25-18(27)10-23(19(25)28)7-14-4-3-5-15(11-26)21-14/h3-6,8,26H,7,9-11H2,1-2H3/p+1. The van der Waals surface area contributed by atoms with Gasteiger partial charge in [0.1, 0.15) is 18.0 Å². The maximum atomic E-state index is 12.8. The normalized spacial score (nSPS) is 14.3. The number of aliphatic hydroxyl groups excluding tert-OH is 1. The Balaban J connectivity index is 1.50. The van der Waals surface area contributed by atoms with E-state index in [2.05, 4.69) is 15.2 Å². The van der Waals surface area contributed by atoms with Crippen molar-refractivity contribution >= 4 is 17.6 Å². The molecular formula is C19H21N6O4+. The van der Waals surface area contributed by atoms with Gasteiger partial charge in [0, 0.05) is 0 Å². The van der Waals surface area contributed by atoms with Crippen LogP contribution in [0.1, 0.15) is 28.4 Å². The number of hydrogen-bond acceptors (Lipinski definition) is 6. The third-order valence-electron chi connectivity index (χ3n) is 4.85. The molecule has 1 aliphatic heterocycles. The highest BCUT2D eigenvalue weighted by Gasteiger charge is 2.39. The smallest absolute Gasteiger partial charge is 0.332 e. The molecule has 4 rings (SSSR count). The van der Waals surface area contributed by atoms with Gasteiger partial charge in [0.15, 0.2) is 0 Å². The second-order valence-corrected chi connectivity index (χ2v) is 6.90. The Labute approximate surface area is 166 Å². The van der Waals surface area contributed by atoms with E-state index in [1.807, 2.05) is 13.8 Å². The summed E-state index contributed by atoms with van der Waals surface area (Å²) in [6, 6.07) is 4.81. The van der Waals surface area contributed by atoms with Gasteiger partial charge < -0.3 is 14.5 Å². The number of carbonyl (C=O) groups excluding carboxylic acids is 2. The summed E-state index contributed by atoms with van der Waals surface area (Å²) < 4.78 is 6.93. The van der Waals surface area contributed by atoms with Crippen LogP contribution < -0.4 is 9.58 Å². The maximum absolute atomic E-state index is 12.8. The summed E-state index contributed by atoms with van der Waals surface area (Å²) in [4.78, 5) is 32.2. The number of carbonyl (C=O) groups is 2. The van der Waals surface area contributed by atoms with Crippen LogP contribution in [-0.2, 0) is 24.5 Å². The van der Waals surface area contributed by atoms with Crippen molar-refractivity contribution in [2.45, 2.75) is 33.5 Å². The third-order valence-corrected chi connectivity index (χ3v) is 4.85. The number of aryl methyl sites for hydroxylation is 2. The van der Waals surface area contributed by atoms with Crippen LogP contribution in [0.3, 0.4) is 0 Å². The van der Waals surface area contributed by atoms with Crippen molar-refractivity contribution in [2.75, 3.05) is 11.4 Å². The first-order chi connectivity index (χ1) is 14.0. The van der Waals surface area contributed by atoms with Crippen LogP contribution in [0.4, 0.5) is 10.5 Å². The molecule has 1 saturated heterocycles. The molecule has 2 N–H and O–H groups in total. The number of amides is 3. The molecule has 3 aromatic heterocycles. The Morgan fingerprint density at radius 1 is 1.28 bits per heavy atom. The van der Waals surface area contributed by atoms with E-state index < -0.39 is 6.03 Å². The molecule has 3 amide bonds. The van der Waals surface area contributed by atoms with E-state index >= 15 is 0 Å². The molecule has 1 aliphatic rings. The largest absolute Gasteiger partial charge is 0.390 e. The van der Waals surface area contributed by atoms with Gasteiger partial charge in [-0.2, -0.15) is 5.10 Å². The quantitative estimate of drug-likeness (QED) is 0.469. The van der Waals surface area contributed by atoms with Crippen molar-refractivity contribution in [1.29, 1.82) is 0 Å². The number of hydrogen-bond donors (Lipinski definition) is 2. The maximum Gasteiger partial charge on any atom is 0.332 e. The Hall–Kier alpha value is -3.53. The van der Waals surface area contributed by atoms with E-state index in [4.69, 9.17) is 4.52 Å². The fourth-order valence-corrected chi connectivity index (χ4v) is 3.32.